The summed E-state index contributed by atoms with van der Waals surface area (Å²) >= 11 is 1.98. The number of rotatable bonds is 9. The molecule has 1 aliphatic carbocycles. The lowest BCUT2D eigenvalue weighted by atomic mass is 9.81. The van der Waals surface area contributed by atoms with Crippen LogP contribution in [0.1, 0.15) is 52.4 Å². The Morgan fingerprint density at radius 2 is 2.07 bits per heavy atom. The molecule has 1 nitrogen and oxygen atoms in total. The highest BCUT2D eigenvalue weighted by Crippen LogP contribution is 2.30. The van der Waals surface area contributed by atoms with Gasteiger partial charge in [-0.3, -0.25) is 0 Å². The molecule has 0 bridgehead atoms. The van der Waals surface area contributed by atoms with Crippen molar-refractivity contribution >= 4 is 11.8 Å². The zero-order valence-corrected chi connectivity index (χ0v) is 11.5. The zero-order valence-electron chi connectivity index (χ0n) is 10.6. The Hall–Kier alpha value is 0.310. The third-order valence-electron chi connectivity index (χ3n) is 3.38. The smallest absolute Gasteiger partial charge is 0.00684 e. The van der Waals surface area contributed by atoms with Crippen molar-refractivity contribution in [3.8, 4) is 0 Å². The summed E-state index contributed by atoms with van der Waals surface area (Å²) in [6, 6.07) is 0.863. The van der Waals surface area contributed by atoms with E-state index in [0.29, 0.717) is 5.41 Å². The fourth-order valence-electron chi connectivity index (χ4n) is 2.23. The maximum Gasteiger partial charge on any atom is 0.00684 e. The normalized spacial score (nSPS) is 20.2. The number of hydrogen-bond acceptors (Lipinski definition) is 2. The molecule has 1 saturated carbocycles. The van der Waals surface area contributed by atoms with Crippen LogP contribution in [0.3, 0.4) is 0 Å². The second-order valence-electron chi connectivity index (χ2n) is 5.31. The molecular weight excluding hydrogens is 202 g/mol. The molecule has 1 unspecified atom stereocenters. The highest BCUT2D eigenvalue weighted by Gasteiger charge is 2.27. The summed E-state index contributed by atoms with van der Waals surface area (Å²) in [5, 5.41) is 3.70. The molecule has 0 aromatic heterocycles. The summed E-state index contributed by atoms with van der Waals surface area (Å²) in [6.45, 7) is 6.01. The molecular formula is C13H27NS. The quantitative estimate of drug-likeness (QED) is 0.605. The summed E-state index contributed by atoms with van der Waals surface area (Å²) in [5.41, 5.74) is 0.549. The van der Waals surface area contributed by atoms with Crippen LogP contribution in [0.4, 0.5) is 0 Å². The molecule has 0 aromatic carbocycles. The van der Waals surface area contributed by atoms with Gasteiger partial charge in [-0.25, -0.2) is 0 Å². The van der Waals surface area contributed by atoms with Gasteiger partial charge in [0.05, 0.1) is 0 Å². The minimum Gasteiger partial charge on any atom is -0.313 e. The second-order valence-corrected chi connectivity index (χ2v) is 6.30. The highest BCUT2D eigenvalue weighted by atomic mass is 32.2. The summed E-state index contributed by atoms with van der Waals surface area (Å²) in [6.07, 6.45) is 10.5. The molecule has 1 aliphatic rings. The van der Waals surface area contributed by atoms with Gasteiger partial charge in [0.1, 0.15) is 0 Å². The van der Waals surface area contributed by atoms with Gasteiger partial charge in [0, 0.05) is 12.6 Å². The van der Waals surface area contributed by atoms with Crippen molar-refractivity contribution in [3.05, 3.63) is 0 Å². The summed E-state index contributed by atoms with van der Waals surface area (Å²) < 4.78 is 0. The van der Waals surface area contributed by atoms with Crippen LogP contribution in [0.5, 0.6) is 0 Å². The Bertz CT molecular complexity index is 168. The van der Waals surface area contributed by atoms with Crippen molar-refractivity contribution < 1.29 is 0 Å². The summed E-state index contributed by atoms with van der Waals surface area (Å²) in [5.74, 6) is 1.32. The lowest BCUT2D eigenvalue weighted by Crippen LogP contribution is -2.33. The number of thioether (sulfide) groups is 1. The Kier molecular flexibility index (Phi) is 6.06. The van der Waals surface area contributed by atoms with Gasteiger partial charge >= 0.3 is 0 Å². The molecule has 0 aromatic rings. The van der Waals surface area contributed by atoms with E-state index in [1.54, 1.807) is 0 Å². The first-order chi connectivity index (χ1) is 7.20. The molecule has 0 radical (unpaired) electrons. The van der Waals surface area contributed by atoms with E-state index in [-0.39, 0.29) is 0 Å². The monoisotopic (exact) mass is 229 g/mol. The second kappa shape index (κ2) is 6.80. The first-order valence-electron chi connectivity index (χ1n) is 6.42. The van der Waals surface area contributed by atoms with Gasteiger partial charge < -0.3 is 5.32 Å². The third kappa shape index (κ3) is 5.82. The molecule has 0 aliphatic heterocycles. The average Bonchev–Trinajstić information content (AvgIpc) is 2.99. The van der Waals surface area contributed by atoms with Crippen LogP contribution >= 0.6 is 11.8 Å². The highest BCUT2D eigenvalue weighted by molar-refractivity contribution is 7.98. The Balaban J connectivity index is 2.22. The number of hydrogen-bond donors (Lipinski definition) is 1. The first-order valence-corrected chi connectivity index (χ1v) is 7.82. The third-order valence-corrected chi connectivity index (χ3v) is 4.07. The fourth-order valence-corrected chi connectivity index (χ4v) is 2.66. The molecule has 1 fully saturated rings. The maximum atomic E-state index is 3.70. The van der Waals surface area contributed by atoms with Crippen LogP contribution in [-0.2, 0) is 0 Å². The van der Waals surface area contributed by atoms with E-state index in [9.17, 15) is 0 Å². The minimum atomic E-state index is 0.549. The van der Waals surface area contributed by atoms with Crippen molar-refractivity contribution in [2.75, 3.05) is 18.6 Å². The van der Waals surface area contributed by atoms with Crippen molar-refractivity contribution in [2.24, 2.45) is 5.41 Å². The molecule has 0 spiro atoms. The van der Waals surface area contributed by atoms with Crippen LogP contribution in [0.15, 0.2) is 0 Å². The molecule has 1 atom stereocenters. The standard InChI is InChI=1S/C13H27NS/c1-4-8-13(2,9-5-10-15-3)11-14-12-6-7-12/h12,14H,4-11H2,1-3H3. The summed E-state index contributed by atoms with van der Waals surface area (Å²) in [7, 11) is 0. The molecule has 0 heterocycles. The topological polar surface area (TPSA) is 12.0 Å². The van der Waals surface area contributed by atoms with Crippen LogP contribution < -0.4 is 5.32 Å². The van der Waals surface area contributed by atoms with E-state index in [4.69, 9.17) is 0 Å². The molecule has 0 amide bonds. The van der Waals surface area contributed by atoms with Crippen molar-refractivity contribution in [1.29, 1.82) is 0 Å². The zero-order chi connectivity index (χ0) is 11.1. The average molecular weight is 229 g/mol. The molecule has 2 heteroatoms. The molecule has 0 saturated heterocycles. The molecule has 90 valence electrons. The van der Waals surface area contributed by atoms with E-state index in [1.165, 1.54) is 50.8 Å². The van der Waals surface area contributed by atoms with Gasteiger partial charge in [-0.15, -0.1) is 0 Å². The van der Waals surface area contributed by atoms with Crippen LogP contribution in [0, 0.1) is 5.41 Å². The fraction of sp³-hybridized carbons (Fsp3) is 1.00. The van der Waals surface area contributed by atoms with Crippen LogP contribution in [0.2, 0.25) is 0 Å². The van der Waals surface area contributed by atoms with E-state index in [2.05, 4.69) is 25.4 Å². The molecule has 1 rings (SSSR count). The van der Waals surface area contributed by atoms with Gasteiger partial charge in [0.15, 0.2) is 0 Å². The molecule has 1 N–H and O–H groups in total. The van der Waals surface area contributed by atoms with Crippen molar-refractivity contribution in [1.82, 2.24) is 5.32 Å². The van der Waals surface area contributed by atoms with Gasteiger partial charge in [-0.2, -0.15) is 11.8 Å². The number of nitrogens with one attached hydrogen (secondary N) is 1. The SMILES string of the molecule is CCCC(C)(CCCSC)CNC1CC1. The van der Waals surface area contributed by atoms with Gasteiger partial charge in [-0.1, -0.05) is 20.3 Å². The lowest BCUT2D eigenvalue weighted by Gasteiger charge is -2.30. The summed E-state index contributed by atoms with van der Waals surface area (Å²) in [4.78, 5) is 0. The Morgan fingerprint density at radius 1 is 1.33 bits per heavy atom. The predicted octanol–water partition coefficient (Wildman–Crippen LogP) is 3.69. The minimum absolute atomic E-state index is 0.549. The van der Waals surface area contributed by atoms with Crippen LogP contribution in [0.25, 0.3) is 0 Å². The van der Waals surface area contributed by atoms with E-state index in [1.807, 2.05) is 11.8 Å². The predicted molar refractivity (Wildman–Crippen MR) is 71.7 cm³/mol. The van der Waals surface area contributed by atoms with E-state index < -0.39 is 0 Å². The first kappa shape index (κ1) is 13.4. The van der Waals surface area contributed by atoms with E-state index >= 15 is 0 Å². The maximum absolute atomic E-state index is 3.70. The van der Waals surface area contributed by atoms with Gasteiger partial charge in [0.2, 0.25) is 0 Å². The van der Waals surface area contributed by atoms with Gasteiger partial charge in [-0.05, 0) is 49.5 Å². The van der Waals surface area contributed by atoms with Crippen molar-refractivity contribution in [3.63, 3.8) is 0 Å². The van der Waals surface area contributed by atoms with Crippen molar-refractivity contribution in [2.45, 2.75) is 58.4 Å². The largest absolute Gasteiger partial charge is 0.313 e. The van der Waals surface area contributed by atoms with E-state index in [0.717, 1.165) is 6.04 Å². The lowest BCUT2D eigenvalue weighted by molar-refractivity contribution is 0.253. The Labute approximate surface area is 99.8 Å². The van der Waals surface area contributed by atoms with Gasteiger partial charge in [0.25, 0.3) is 0 Å². The Morgan fingerprint density at radius 3 is 2.60 bits per heavy atom. The molecule has 15 heavy (non-hydrogen) atoms. The van der Waals surface area contributed by atoms with Crippen LogP contribution in [-0.4, -0.2) is 24.6 Å².